The molecular weight excluding hydrogens is 192 g/mol. The second-order valence-electron chi connectivity index (χ2n) is 3.52. The van der Waals surface area contributed by atoms with Crippen LogP contribution in [0.2, 0.25) is 0 Å². The van der Waals surface area contributed by atoms with Gasteiger partial charge in [-0.25, -0.2) is 0 Å². The van der Waals surface area contributed by atoms with Crippen LogP contribution in [0.3, 0.4) is 0 Å². The first-order valence-electron chi connectivity index (χ1n) is 5.37. The zero-order chi connectivity index (χ0) is 11.7. The molecule has 0 aromatic carbocycles. The molecule has 0 saturated carbocycles. The van der Waals surface area contributed by atoms with Crippen LogP contribution in [0.5, 0.6) is 0 Å². The number of nitrogens with two attached hydrogens (primary N) is 2. The predicted molar refractivity (Wildman–Crippen MR) is 62.7 cm³/mol. The number of hydrogen-bond donors (Lipinski definition) is 3. The lowest BCUT2D eigenvalue weighted by molar-refractivity contribution is -0.119. The number of carbonyl (C=O) groups excluding carboxylic acids is 1. The molecule has 0 rings (SSSR count). The Kier molecular flexibility index (Phi) is 7.62. The molecule has 5 N–H and O–H groups in total. The van der Waals surface area contributed by atoms with Crippen LogP contribution >= 0.6 is 0 Å². The van der Waals surface area contributed by atoms with Gasteiger partial charge >= 0.3 is 0 Å². The van der Waals surface area contributed by atoms with Crippen LogP contribution in [0, 0.1) is 0 Å². The maximum atomic E-state index is 11.2. The summed E-state index contributed by atoms with van der Waals surface area (Å²) in [6.45, 7) is 5.07. The number of nitrogens with zero attached hydrogens (tertiary/aromatic N) is 1. The van der Waals surface area contributed by atoms with E-state index in [0.717, 1.165) is 25.8 Å². The largest absolute Gasteiger partial charge is 0.370 e. The zero-order valence-electron chi connectivity index (χ0n) is 9.62. The van der Waals surface area contributed by atoms with E-state index in [1.165, 1.54) is 0 Å². The highest BCUT2D eigenvalue weighted by molar-refractivity contribution is 5.81. The smallest absolute Gasteiger partial charge is 0.185 e. The van der Waals surface area contributed by atoms with Gasteiger partial charge in [-0.05, 0) is 32.7 Å². The number of carbonyl (C=O) groups is 1. The molecule has 0 spiro atoms. The summed E-state index contributed by atoms with van der Waals surface area (Å²) in [4.78, 5) is 15.1. The summed E-state index contributed by atoms with van der Waals surface area (Å²) in [5.41, 5.74) is 10.4. The molecule has 88 valence electrons. The van der Waals surface area contributed by atoms with Crippen molar-refractivity contribution in [1.82, 2.24) is 5.32 Å². The number of likely N-dealkylation sites (N-methyl/N-ethyl adjacent to an activating group) is 1. The number of rotatable bonds is 8. The number of Topliss-reactive ketones (excluding diaryl/α,β-unsaturated/α-hetero) is 1. The van der Waals surface area contributed by atoms with Crippen molar-refractivity contribution in [3.63, 3.8) is 0 Å². The van der Waals surface area contributed by atoms with Crippen LogP contribution in [0.4, 0.5) is 0 Å². The molecule has 0 heterocycles. The van der Waals surface area contributed by atoms with Crippen LogP contribution in [0.25, 0.3) is 0 Å². The Morgan fingerprint density at radius 3 is 2.53 bits per heavy atom. The van der Waals surface area contributed by atoms with Gasteiger partial charge in [-0.3, -0.25) is 9.79 Å². The fourth-order valence-corrected chi connectivity index (χ4v) is 1.36. The molecule has 0 unspecified atom stereocenters. The highest BCUT2D eigenvalue weighted by atomic mass is 16.1. The second-order valence-corrected chi connectivity index (χ2v) is 3.52. The standard InChI is InChI=1S/C10H22N4O/c1-3-13-9(8(2)15)6-4-5-7-14-10(11)12/h9,13H,3-7H2,1-2H3,(H4,11,12,14)/t9-/m0/s1. The third-order valence-corrected chi connectivity index (χ3v) is 2.14. The van der Waals surface area contributed by atoms with Crippen LogP contribution in [0.15, 0.2) is 4.99 Å². The van der Waals surface area contributed by atoms with Crippen molar-refractivity contribution in [2.75, 3.05) is 13.1 Å². The van der Waals surface area contributed by atoms with Gasteiger partial charge in [0.15, 0.2) is 5.96 Å². The normalized spacial score (nSPS) is 12.1. The first-order chi connectivity index (χ1) is 7.07. The van der Waals surface area contributed by atoms with Gasteiger partial charge in [0.25, 0.3) is 0 Å². The van der Waals surface area contributed by atoms with Crippen molar-refractivity contribution in [3.8, 4) is 0 Å². The average molecular weight is 214 g/mol. The van der Waals surface area contributed by atoms with Gasteiger partial charge in [0.1, 0.15) is 5.78 Å². The first-order valence-corrected chi connectivity index (χ1v) is 5.37. The van der Waals surface area contributed by atoms with Crippen molar-refractivity contribution < 1.29 is 4.79 Å². The van der Waals surface area contributed by atoms with E-state index in [9.17, 15) is 4.79 Å². The van der Waals surface area contributed by atoms with Gasteiger partial charge in [0.2, 0.25) is 0 Å². The molecule has 0 aromatic heterocycles. The third kappa shape index (κ3) is 7.93. The van der Waals surface area contributed by atoms with Crippen molar-refractivity contribution in [2.24, 2.45) is 16.5 Å². The van der Waals surface area contributed by atoms with E-state index in [0.29, 0.717) is 6.54 Å². The van der Waals surface area contributed by atoms with Crippen LogP contribution < -0.4 is 16.8 Å². The molecular formula is C10H22N4O. The van der Waals surface area contributed by atoms with E-state index in [4.69, 9.17) is 11.5 Å². The van der Waals surface area contributed by atoms with Gasteiger partial charge in [-0.15, -0.1) is 0 Å². The minimum atomic E-state index is -0.0193. The van der Waals surface area contributed by atoms with E-state index < -0.39 is 0 Å². The molecule has 0 saturated heterocycles. The number of aliphatic imine (C=N–C) groups is 1. The van der Waals surface area contributed by atoms with Gasteiger partial charge in [0.05, 0.1) is 6.04 Å². The Balaban J connectivity index is 3.62. The summed E-state index contributed by atoms with van der Waals surface area (Å²) in [7, 11) is 0. The molecule has 0 fully saturated rings. The monoisotopic (exact) mass is 214 g/mol. The summed E-state index contributed by atoms with van der Waals surface area (Å²) in [5.74, 6) is 0.323. The first kappa shape index (κ1) is 13.9. The van der Waals surface area contributed by atoms with Crippen molar-refractivity contribution in [3.05, 3.63) is 0 Å². The summed E-state index contributed by atoms with van der Waals surface area (Å²) in [5, 5.41) is 3.15. The molecule has 0 aromatic rings. The lowest BCUT2D eigenvalue weighted by Crippen LogP contribution is -2.35. The van der Waals surface area contributed by atoms with Crippen LogP contribution in [-0.4, -0.2) is 30.9 Å². The molecule has 0 aliphatic heterocycles. The van der Waals surface area contributed by atoms with Gasteiger partial charge in [-0.2, -0.15) is 0 Å². The quantitative estimate of drug-likeness (QED) is 0.301. The maximum Gasteiger partial charge on any atom is 0.185 e. The van der Waals surface area contributed by atoms with E-state index >= 15 is 0 Å². The molecule has 5 nitrogen and oxygen atoms in total. The molecule has 0 amide bonds. The molecule has 0 aliphatic rings. The summed E-state index contributed by atoms with van der Waals surface area (Å²) >= 11 is 0. The van der Waals surface area contributed by atoms with E-state index in [1.54, 1.807) is 6.92 Å². The zero-order valence-corrected chi connectivity index (χ0v) is 9.62. The van der Waals surface area contributed by atoms with Crippen LogP contribution in [-0.2, 0) is 4.79 Å². The lowest BCUT2D eigenvalue weighted by Gasteiger charge is -2.13. The van der Waals surface area contributed by atoms with E-state index in [1.807, 2.05) is 6.92 Å². The topological polar surface area (TPSA) is 93.5 Å². The molecule has 15 heavy (non-hydrogen) atoms. The Labute approximate surface area is 91.3 Å². The highest BCUT2D eigenvalue weighted by Crippen LogP contribution is 2.02. The summed E-state index contributed by atoms with van der Waals surface area (Å²) < 4.78 is 0. The number of nitrogens with one attached hydrogen (secondary N) is 1. The van der Waals surface area contributed by atoms with Gasteiger partial charge < -0.3 is 16.8 Å². The minimum absolute atomic E-state index is 0.0193. The second kappa shape index (κ2) is 8.23. The SMILES string of the molecule is CCN[C@@H](CCCCN=C(N)N)C(C)=O. The van der Waals surface area contributed by atoms with Gasteiger partial charge in [-0.1, -0.05) is 6.92 Å². The van der Waals surface area contributed by atoms with Crippen molar-refractivity contribution in [1.29, 1.82) is 0 Å². The fraction of sp³-hybridized carbons (Fsp3) is 0.800. The van der Waals surface area contributed by atoms with Crippen LogP contribution in [0.1, 0.15) is 33.1 Å². The van der Waals surface area contributed by atoms with E-state index in [2.05, 4.69) is 10.3 Å². The number of unbranched alkanes of at least 4 members (excludes halogenated alkanes) is 1. The fourth-order valence-electron chi connectivity index (χ4n) is 1.36. The highest BCUT2D eigenvalue weighted by Gasteiger charge is 2.11. The lowest BCUT2D eigenvalue weighted by atomic mass is 10.1. The summed E-state index contributed by atoms with van der Waals surface area (Å²) in [6.07, 6.45) is 2.71. The molecule has 0 aliphatic carbocycles. The number of hydrogen-bond acceptors (Lipinski definition) is 3. The molecule has 0 bridgehead atoms. The molecule has 1 atom stereocenters. The molecule has 5 heteroatoms. The number of ketones is 1. The Bertz CT molecular complexity index is 211. The summed E-state index contributed by atoms with van der Waals surface area (Å²) in [6, 6.07) is -0.0193. The van der Waals surface area contributed by atoms with Gasteiger partial charge in [0, 0.05) is 6.54 Å². The average Bonchev–Trinajstić information content (AvgIpc) is 2.15. The van der Waals surface area contributed by atoms with Crippen molar-refractivity contribution >= 4 is 11.7 Å². The van der Waals surface area contributed by atoms with E-state index in [-0.39, 0.29) is 17.8 Å². The predicted octanol–water partition coefficient (Wildman–Crippen LogP) is -0.00280. The Hall–Kier alpha value is -1.10. The molecule has 0 radical (unpaired) electrons. The Morgan fingerprint density at radius 1 is 1.40 bits per heavy atom. The minimum Gasteiger partial charge on any atom is -0.370 e. The Morgan fingerprint density at radius 2 is 2.07 bits per heavy atom. The number of guanidine groups is 1. The maximum absolute atomic E-state index is 11.2. The third-order valence-electron chi connectivity index (χ3n) is 2.14. The van der Waals surface area contributed by atoms with Crippen molar-refractivity contribution in [2.45, 2.75) is 39.2 Å².